The molecule has 0 unspecified atom stereocenters. The van der Waals surface area contributed by atoms with E-state index in [1.807, 2.05) is 29.6 Å². The van der Waals surface area contributed by atoms with Crippen LogP contribution in [-0.4, -0.2) is 36.3 Å². The molecular formula is C19H18N2O4S. The normalized spacial score (nSPS) is 10.3. The summed E-state index contributed by atoms with van der Waals surface area (Å²) in [6.07, 6.45) is 3.60. The third kappa shape index (κ3) is 5.03. The summed E-state index contributed by atoms with van der Waals surface area (Å²) in [6.45, 7) is 0.473. The number of thiazole rings is 1. The minimum atomic E-state index is -0.327. The monoisotopic (exact) mass is 370 g/mol. The molecule has 3 aromatic rings. The Morgan fingerprint density at radius 3 is 2.65 bits per heavy atom. The topological polar surface area (TPSA) is 70.5 Å². The van der Waals surface area contributed by atoms with Crippen LogP contribution < -0.4 is 9.47 Å². The van der Waals surface area contributed by atoms with Crippen molar-refractivity contribution in [3.05, 3.63) is 59.9 Å². The third-order valence-electron chi connectivity index (χ3n) is 3.46. The first-order valence-corrected chi connectivity index (χ1v) is 8.90. The summed E-state index contributed by atoms with van der Waals surface area (Å²) in [7, 11) is 1.61. The number of aromatic nitrogens is 2. The van der Waals surface area contributed by atoms with Crippen molar-refractivity contribution >= 4 is 17.3 Å². The first-order valence-electron chi connectivity index (χ1n) is 8.02. The molecule has 134 valence electrons. The van der Waals surface area contributed by atoms with Gasteiger partial charge in [-0.3, -0.25) is 9.78 Å². The Kier molecular flexibility index (Phi) is 6.16. The van der Waals surface area contributed by atoms with E-state index in [4.69, 9.17) is 14.2 Å². The van der Waals surface area contributed by atoms with Gasteiger partial charge in [-0.2, -0.15) is 0 Å². The Bertz CT molecular complexity index is 834. The largest absolute Gasteiger partial charge is 0.497 e. The van der Waals surface area contributed by atoms with Crippen molar-refractivity contribution in [1.82, 2.24) is 9.97 Å². The van der Waals surface area contributed by atoms with Crippen LogP contribution in [-0.2, 0) is 16.0 Å². The molecule has 0 atom stereocenters. The van der Waals surface area contributed by atoms with Crippen LogP contribution in [0.4, 0.5) is 0 Å². The Morgan fingerprint density at radius 2 is 1.92 bits per heavy atom. The summed E-state index contributed by atoms with van der Waals surface area (Å²) in [5.74, 6) is 1.13. The van der Waals surface area contributed by atoms with Crippen LogP contribution in [0.1, 0.15) is 5.69 Å². The smallest absolute Gasteiger partial charge is 0.312 e. The highest BCUT2D eigenvalue weighted by atomic mass is 32.1. The third-order valence-corrected chi connectivity index (χ3v) is 4.40. The quantitative estimate of drug-likeness (QED) is 0.447. The molecule has 0 N–H and O–H groups in total. The van der Waals surface area contributed by atoms with Crippen LogP contribution in [0, 0.1) is 0 Å². The lowest BCUT2D eigenvalue weighted by atomic mass is 10.3. The molecule has 2 aromatic heterocycles. The lowest BCUT2D eigenvalue weighted by molar-refractivity contribution is -0.143. The van der Waals surface area contributed by atoms with Gasteiger partial charge in [-0.25, -0.2) is 4.98 Å². The molecule has 7 heteroatoms. The van der Waals surface area contributed by atoms with Crippen molar-refractivity contribution in [2.75, 3.05) is 20.3 Å². The molecule has 0 aliphatic rings. The molecular weight excluding hydrogens is 352 g/mol. The second-order valence-electron chi connectivity index (χ2n) is 5.31. The SMILES string of the molecule is COc1ccc(OCCOC(=O)Cc2csc(-c3cccnc3)n2)cc1. The number of hydrogen-bond donors (Lipinski definition) is 0. The maximum absolute atomic E-state index is 11.9. The molecule has 0 aliphatic carbocycles. The molecule has 0 amide bonds. The molecule has 0 radical (unpaired) electrons. The van der Waals surface area contributed by atoms with Crippen molar-refractivity contribution < 1.29 is 19.0 Å². The zero-order valence-corrected chi connectivity index (χ0v) is 15.1. The van der Waals surface area contributed by atoms with Crippen LogP contribution in [0.3, 0.4) is 0 Å². The number of nitrogens with zero attached hydrogens (tertiary/aromatic N) is 2. The number of esters is 1. The maximum atomic E-state index is 11.9. The lowest BCUT2D eigenvalue weighted by Gasteiger charge is -2.07. The predicted octanol–water partition coefficient (Wildman–Crippen LogP) is 3.38. The minimum Gasteiger partial charge on any atom is -0.497 e. The van der Waals surface area contributed by atoms with E-state index in [9.17, 15) is 4.79 Å². The summed E-state index contributed by atoms with van der Waals surface area (Å²) in [6, 6.07) is 11.0. The first kappa shape index (κ1) is 17.9. The second kappa shape index (κ2) is 8.96. The van der Waals surface area contributed by atoms with Gasteiger partial charge in [0.25, 0.3) is 0 Å². The van der Waals surface area contributed by atoms with Gasteiger partial charge in [0.15, 0.2) is 0 Å². The van der Waals surface area contributed by atoms with E-state index in [2.05, 4.69) is 9.97 Å². The highest BCUT2D eigenvalue weighted by molar-refractivity contribution is 7.13. The highest BCUT2D eigenvalue weighted by Crippen LogP contribution is 2.23. The van der Waals surface area contributed by atoms with Gasteiger partial charge >= 0.3 is 5.97 Å². The molecule has 0 spiro atoms. The number of benzene rings is 1. The van der Waals surface area contributed by atoms with Crippen LogP contribution in [0.25, 0.3) is 10.6 Å². The van der Waals surface area contributed by atoms with E-state index in [1.165, 1.54) is 11.3 Å². The van der Waals surface area contributed by atoms with Crippen molar-refractivity contribution in [2.45, 2.75) is 6.42 Å². The number of rotatable bonds is 8. The zero-order chi connectivity index (χ0) is 18.2. The number of hydrogen-bond acceptors (Lipinski definition) is 7. The maximum Gasteiger partial charge on any atom is 0.312 e. The van der Waals surface area contributed by atoms with Crippen LogP contribution >= 0.6 is 11.3 Å². The number of pyridine rings is 1. The van der Waals surface area contributed by atoms with Gasteiger partial charge in [-0.05, 0) is 36.4 Å². The fourth-order valence-electron chi connectivity index (χ4n) is 2.20. The van der Waals surface area contributed by atoms with Gasteiger partial charge in [-0.1, -0.05) is 0 Å². The Hall–Kier alpha value is -2.93. The van der Waals surface area contributed by atoms with Gasteiger partial charge in [0.1, 0.15) is 29.7 Å². The number of carbonyl (C=O) groups excluding carboxylic acids is 1. The number of carbonyl (C=O) groups is 1. The molecule has 26 heavy (non-hydrogen) atoms. The van der Waals surface area contributed by atoms with E-state index < -0.39 is 0 Å². The summed E-state index contributed by atoms with van der Waals surface area (Å²) in [5.41, 5.74) is 1.62. The van der Waals surface area contributed by atoms with Crippen molar-refractivity contribution in [1.29, 1.82) is 0 Å². The molecule has 2 heterocycles. The summed E-state index contributed by atoms with van der Waals surface area (Å²) < 4.78 is 15.8. The Morgan fingerprint density at radius 1 is 1.12 bits per heavy atom. The highest BCUT2D eigenvalue weighted by Gasteiger charge is 2.10. The van der Waals surface area contributed by atoms with E-state index in [-0.39, 0.29) is 25.6 Å². The van der Waals surface area contributed by atoms with Gasteiger partial charge in [-0.15, -0.1) is 11.3 Å². The van der Waals surface area contributed by atoms with E-state index >= 15 is 0 Å². The minimum absolute atomic E-state index is 0.138. The number of methoxy groups -OCH3 is 1. The van der Waals surface area contributed by atoms with E-state index in [0.717, 1.165) is 16.3 Å². The van der Waals surface area contributed by atoms with E-state index in [1.54, 1.807) is 31.6 Å². The molecule has 6 nitrogen and oxygen atoms in total. The second-order valence-corrected chi connectivity index (χ2v) is 6.17. The van der Waals surface area contributed by atoms with Crippen molar-refractivity contribution in [3.63, 3.8) is 0 Å². The van der Waals surface area contributed by atoms with Gasteiger partial charge in [0, 0.05) is 23.3 Å². The number of ether oxygens (including phenoxy) is 3. The zero-order valence-electron chi connectivity index (χ0n) is 14.3. The van der Waals surface area contributed by atoms with E-state index in [0.29, 0.717) is 11.4 Å². The lowest BCUT2D eigenvalue weighted by Crippen LogP contribution is -2.14. The van der Waals surface area contributed by atoms with Crippen LogP contribution in [0.2, 0.25) is 0 Å². The fourth-order valence-corrected chi connectivity index (χ4v) is 3.01. The summed E-state index contributed by atoms with van der Waals surface area (Å²) in [5, 5.41) is 2.70. The Labute approximate surface area is 155 Å². The van der Waals surface area contributed by atoms with Crippen molar-refractivity contribution in [2.24, 2.45) is 0 Å². The summed E-state index contributed by atoms with van der Waals surface area (Å²) >= 11 is 1.48. The molecule has 0 saturated heterocycles. The standard InChI is InChI=1S/C19H18N2O4S/c1-23-16-4-6-17(7-5-16)24-9-10-25-18(22)11-15-13-26-19(21-15)14-3-2-8-20-12-14/h2-8,12-13H,9-11H2,1H3. The molecule has 1 aromatic carbocycles. The van der Waals surface area contributed by atoms with Crippen molar-refractivity contribution in [3.8, 4) is 22.1 Å². The van der Waals surface area contributed by atoms with Gasteiger partial charge < -0.3 is 14.2 Å². The average molecular weight is 370 g/mol. The van der Waals surface area contributed by atoms with Crippen LogP contribution in [0.5, 0.6) is 11.5 Å². The van der Waals surface area contributed by atoms with Gasteiger partial charge in [0.05, 0.1) is 19.2 Å². The fraction of sp³-hybridized carbons (Fsp3) is 0.211. The molecule has 0 fully saturated rings. The molecule has 0 saturated carbocycles. The first-order chi connectivity index (χ1) is 12.7. The van der Waals surface area contributed by atoms with Gasteiger partial charge in [0.2, 0.25) is 0 Å². The predicted molar refractivity (Wildman–Crippen MR) is 98.5 cm³/mol. The average Bonchev–Trinajstić information content (AvgIpc) is 3.15. The Balaban J connectivity index is 1.41. The van der Waals surface area contributed by atoms with Crippen LogP contribution in [0.15, 0.2) is 54.2 Å². The molecule has 0 bridgehead atoms. The molecule has 0 aliphatic heterocycles. The molecule has 3 rings (SSSR count). The summed E-state index contributed by atoms with van der Waals surface area (Å²) in [4.78, 5) is 20.4.